The number of likely N-dealkylation sites (N-methyl/N-ethyl adjacent to an activating group) is 1. The number of amides is 1. The zero-order valence-electron chi connectivity index (χ0n) is 7.24. The maximum Gasteiger partial charge on any atom is 0.231 e. The second-order valence-corrected chi connectivity index (χ2v) is 3.17. The van der Waals surface area contributed by atoms with E-state index in [4.69, 9.17) is 5.73 Å². The number of benzene rings is 1. The molecule has 1 aromatic carbocycles. The van der Waals surface area contributed by atoms with Crippen LogP contribution in [0.2, 0.25) is 0 Å². The van der Waals surface area contributed by atoms with Crippen LogP contribution in [0.4, 0.5) is 11.4 Å². The van der Waals surface area contributed by atoms with Gasteiger partial charge in [0.15, 0.2) is 0 Å². The topological polar surface area (TPSA) is 66.6 Å². The summed E-state index contributed by atoms with van der Waals surface area (Å²) in [6.07, 6.45) is 0.371. The fraction of sp³-hybridized carbons (Fsp3) is 0.222. The maximum absolute atomic E-state index is 11.3. The van der Waals surface area contributed by atoms with Gasteiger partial charge < -0.3 is 15.7 Å². The summed E-state index contributed by atoms with van der Waals surface area (Å²) in [5.41, 5.74) is 7.45. The number of anilines is 2. The predicted octanol–water partition coefficient (Wildman–Crippen LogP) is 0.493. The van der Waals surface area contributed by atoms with E-state index < -0.39 is 0 Å². The lowest BCUT2D eigenvalue weighted by molar-refractivity contribution is -0.117. The van der Waals surface area contributed by atoms with E-state index >= 15 is 0 Å². The summed E-state index contributed by atoms with van der Waals surface area (Å²) < 4.78 is 0. The van der Waals surface area contributed by atoms with Gasteiger partial charge in [-0.2, -0.15) is 0 Å². The number of rotatable bonds is 0. The summed E-state index contributed by atoms with van der Waals surface area (Å²) in [4.78, 5) is 12.8. The lowest BCUT2D eigenvalue weighted by atomic mass is 10.1. The standard InChI is InChI=1S/C9H10N2O2/c1-11-7-4-8(12)6(10)2-5(7)3-9(11)13/h2,4,12H,3,10H2,1H3. The second-order valence-electron chi connectivity index (χ2n) is 3.17. The smallest absolute Gasteiger partial charge is 0.231 e. The molecule has 3 N–H and O–H groups in total. The van der Waals surface area contributed by atoms with Crippen molar-refractivity contribution in [2.24, 2.45) is 0 Å². The number of phenolic OH excluding ortho intramolecular Hbond substituents is 1. The molecule has 2 rings (SSSR count). The Kier molecular flexibility index (Phi) is 1.45. The molecule has 4 heteroatoms. The molecule has 1 aliphatic heterocycles. The van der Waals surface area contributed by atoms with E-state index in [0.717, 1.165) is 11.3 Å². The van der Waals surface area contributed by atoms with E-state index in [1.54, 1.807) is 13.1 Å². The third-order valence-corrected chi connectivity index (χ3v) is 2.31. The SMILES string of the molecule is CN1C(=O)Cc2cc(N)c(O)cc21. The molecule has 0 aliphatic carbocycles. The summed E-state index contributed by atoms with van der Waals surface area (Å²) in [5, 5.41) is 9.32. The Hall–Kier alpha value is -1.71. The number of nitrogens with two attached hydrogens (primary N) is 1. The molecule has 1 heterocycles. The van der Waals surface area contributed by atoms with Crippen LogP contribution in [0.3, 0.4) is 0 Å². The van der Waals surface area contributed by atoms with Crippen LogP contribution in [0.1, 0.15) is 5.56 Å². The quantitative estimate of drug-likeness (QED) is 0.449. The first-order valence-corrected chi connectivity index (χ1v) is 3.97. The van der Waals surface area contributed by atoms with Crippen molar-refractivity contribution in [1.29, 1.82) is 0 Å². The molecule has 0 radical (unpaired) electrons. The van der Waals surface area contributed by atoms with Crippen molar-refractivity contribution in [2.45, 2.75) is 6.42 Å². The van der Waals surface area contributed by atoms with Crippen molar-refractivity contribution < 1.29 is 9.90 Å². The molecule has 0 bridgehead atoms. The van der Waals surface area contributed by atoms with Crippen LogP contribution in [0.5, 0.6) is 5.75 Å². The Bertz CT molecular complexity index is 387. The molecule has 0 spiro atoms. The van der Waals surface area contributed by atoms with E-state index in [9.17, 15) is 9.90 Å². The molecule has 0 fully saturated rings. The van der Waals surface area contributed by atoms with Gasteiger partial charge in [0.2, 0.25) is 5.91 Å². The summed E-state index contributed by atoms with van der Waals surface area (Å²) in [6.45, 7) is 0. The van der Waals surface area contributed by atoms with Crippen LogP contribution in [0, 0.1) is 0 Å². The van der Waals surface area contributed by atoms with Gasteiger partial charge in [0.25, 0.3) is 0 Å². The van der Waals surface area contributed by atoms with E-state index in [-0.39, 0.29) is 11.7 Å². The number of nitrogens with zero attached hydrogens (tertiary/aromatic N) is 1. The third-order valence-electron chi connectivity index (χ3n) is 2.31. The van der Waals surface area contributed by atoms with Crippen molar-refractivity contribution in [3.8, 4) is 5.75 Å². The van der Waals surface area contributed by atoms with Gasteiger partial charge in [0.1, 0.15) is 5.75 Å². The molecule has 0 saturated heterocycles. The van der Waals surface area contributed by atoms with Crippen molar-refractivity contribution in [2.75, 3.05) is 17.7 Å². The van der Waals surface area contributed by atoms with Crippen LogP contribution >= 0.6 is 0 Å². The Morgan fingerprint density at radius 1 is 1.54 bits per heavy atom. The van der Waals surface area contributed by atoms with Crippen molar-refractivity contribution in [3.05, 3.63) is 17.7 Å². The maximum atomic E-state index is 11.3. The molecule has 0 atom stereocenters. The van der Waals surface area contributed by atoms with Gasteiger partial charge in [-0.3, -0.25) is 4.79 Å². The minimum absolute atomic E-state index is 0.0278. The molecule has 1 aliphatic rings. The predicted molar refractivity (Wildman–Crippen MR) is 49.6 cm³/mol. The molecule has 68 valence electrons. The first-order chi connectivity index (χ1) is 6.09. The number of hydrogen-bond acceptors (Lipinski definition) is 3. The van der Waals surface area contributed by atoms with Gasteiger partial charge in [-0.15, -0.1) is 0 Å². The number of hydrogen-bond donors (Lipinski definition) is 2. The number of carbonyl (C=O) groups is 1. The fourth-order valence-corrected chi connectivity index (χ4v) is 1.51. The third kappa shape index (κ3) is 1.02. The average molecular weight is 178 g/mol. The Labute approximate surface area is 75.6 Å². The van der Waals surface area contributed by atoms with Gasteiger partial charge in [-0.05, 0) is 11.6 Å². The Morgan fingerprint density at radius 3 is 2.92 bits per heavy atom. The molecule has 1 aromatic rings. The lowest BCUT2D eigenvalue weighted by Crippen LogP contribution is -2.20. The minimum Gasteiger partial charge on any atom is -0.506 e. The van der Waals surface area contributed by atoms with Crippen LogP contribution in [-0.2, 0) is 11.2 Å². The van der Waals surface area contributed by atoms with Gasteiger partial charge in [0, 0.05) is 13.1 Å². The van der Waals surface area contributed by atoms with Crippen molar-refractivity contribution in [3.63, 3.8) is 0 Å². The first-order valence-electron chi connectivity index (χ1n) is 3.97. The fourth-order valence-electron chi connectivity index (χ4n) is 1.51. The van der Waals surface area contributed by atoms with E-state index in [1.807, 2.05) is 0 Å². The van der Waals surface area contributed by atoms with Gasteiger partial charge >= 0.3 is 0 Å². The van der Waals surface area contributed by atoms with Crippen LogP contribution in [0.25, 0.3) is 0 Å². The lowest BCUT2D eigenvalue weighted by Gasteiger charge is -2.10. The van der Waals surface area contributed by atoms with E-state index in [0.29, 0.717) is 12.1 Å². The van der Waals surface area contributed by atoms with Gasteiger partial charge in [0.05, 0.1) is 17.8 Å². The van der Waals surface area contributed by atoms with Gasteiger partial charge in [-0.25, -0.2) is 0 Å². The highest BCUT2D eigenvalue weighted by molar-refractivity contribution is 6.01. The summed E-state index contributed by atoms with van der Waals surface area (Å²) in [5.74, 6) is 0.0558. The van der Waals surface area contributed by atoms with Crippen LogP contribution < -0.4 is 10.6 Å². The van der Waals surface area contributed by atoms with Crippen molar-refractivity contribution in [1.82, 2.24) is 0 Å². The summed E-state index contributed by atoms with van der Waals surface area (Å²) in [6, 6.07) is 3.17. The number of phenols is 1. The van der Waals surface area contributed by atoms with Crippen LogP contribution in [0.15, 0.2) is 12.1 Å². The molecule has 0 aromatic heterocycles. The van der Waals surface area contributed by atoms with Gasteiger partial charge in [-0.1, -0.05) is 0 Å². The van der Waals surface area contributed by atoms with Crippen molar-refractivity contribution >= 4 is 17.3 Å². The number of aromatic hydroxyl groups is 1. The van der Waals surface area contributed by atoms with E-state index in [1.165, 1.54) is 11.0 Å². The highest BCUT2D eigenvalue weighted by atomic mass is 16.3. The highest BCUT2D eigenvalue weighted by Gasteiger charge is 2.24. The number of nitrogen functional groups attached to an aromatic ring is 1. The highest BCUT2D eigenvalue weighted by Crippen LogP contribution is 2.34. The Morgan fingerprint density at radius 2 is 2.23 bits per heavy atom. The van der Waals surface area contributed by atoms with E-state index in [2.05, 4.69) is 0 Å². The zero-order valence-corrected chi connectivity index (χ0v) is 7.24. The number of carbonyl (C=O) groups excluding carboxylic acids is 1. The second kappa shape index (κ2) is 2.39. The average Bonchev–Trinajstić information content (AvgIpc) is 2.32. The monoisotopic (exact) mass is 178 g/mol. The normalized spacial score (nSPS) is 14.8. The largest absolute Gasteiger partial charge is 0.506 e. The zero-order chi connectivity index (χ0) is 9.59. The summed E-state index contributed by atoms with van der Waals surface area (Å²) in [7, 11) is 1.68. The molecule has 0 unspecified atom stereocenters. The summed E-state index contributed by atoms with van der Waals surface area (Å²) >= 11 is 0. The molecular weight excluding hydrogens is 168 g/mol. The molecule has 4 nitrogen and oxygen atoms in total. The molecule has 0 saturated carbocycles. The molecular formula is C9H10N2O2. The first kappa shape index (κ1) is 7.91. The molecule has 13 heavy (non-hydrogen) atoms. The minimum atomic E-state index is 0.0278. The Balaban J connectivity index is 2.59. The molecule has 1 amide bonds. The van der Waals surface area contributed by atoms with Crippen LogP contribution in [-0.4, -0.2) is 18.1 Å². The number of fused-ring (bicyclic) bond motifs is 1.